The highest BCUT2D eigenvalue weighted by Crippen LogP contribution is 2.23. The molecule has 3 rings (SSSR count). The summed E-state index contributed by atoms with van der Waals surface area (Å²) in [6.45, 7) is 30.3. The van der Waals surface area contributed by atoms with E-state index in [9.17, 15) is 0 Å². The zero-order chi connectivity index (χ0) is 28.5. The van der Waals surface area contributed by atoms with Crippen LogP contribution in [0.4, 0.5) is 0 Å². The van der Waals surface area contributed by atoms with E-state index >= 15 is 0 Å². The number of hydrogen-bond acceptors (Lipinski definition) is 0. The molecule has 1 nitrogen and oxygen atoms in total. The van der Waals surface area contributed by atoms with Crippen LogP contribution in [0.3, 0.4) is 0 Å². The van der Waals surface area contributed by atoms with Gasteiger partial charge in [-0.2, -0.15) is 22.7 Å². The lowest BCUT2D eigenvalue weighted by Crippen LogP contribution is -2.69. The quantitative estimate of drug-likeness (QED) is 0.193. The third kappa shape index (κ3) is 6.45. The van der Waals surface area contributed by atoms with Crippen LogP contribution in [0.25, 0.3) is 0 Å². The summed E-state index contributed by atoms with van der Waals surface area (Å²) in [5.41, 5.74) is 13.1. The van der Waals surface area contributed by atoms with Gasteiger partial charge in [0.25, 0.3) is 0 Å². The summed E-state index contributed by atoms with van der Waals surface area (Å²) in [5, 5.41) is 0. The Kier molecular flexibility index (Phi) is 11.9. The predicted molar refractivity (Wildman–Crippen MR) is 175 cm³/mol. The number of quaternary nitrogens is 1. The van der Waals surface area contributed by atoms with E-state index in [0.29, 0.717) is 0 Å². The number of benzene rings is 3. The number of rotatable bonds is 10. The van der Waals surface area contributed by atoms with Crippen molar-refractivity contribution in [3.63, 3.8) is 0 Å². The minimum atomic E-state index is -1.05. The zero-order valence-corrected chi connectivity index (χ0v) is 26.7. The van der Waals surface area contributed by atoms with Crippen molar-refractivity contribution >= 4 is 22.5 Å². The van der Waals surface area contributed by atoms with Crippen LogP contribution in [0.5, 0.6) is 0 Å². The monoisotopic (exact) mass is 513 g/mol. The maximum Gasteiger partial charge on any atom is 0.0825 e. The summed E-state index contributed by atoms with van der Waals surface area (Å²) in [7, 11) is 0. The molecule has 0 saturated carbocycles. The van der Waals surface area contributed by atoms with Gasteiger partial charge in [-0.1, -0.05) is 108 Å². The van der Waals surface area contributed by atoms with Crippen LogP contribution in [0.15, 0.2) is 54.6 Å². The first-order valence-electron chi connectivity index (χ1n) is 15.3. The molecule has 38 heavy (non-hydrogen) atoms. The minimum Gasteiger partial charge on any atom is -0.325 e. The lowest BCUT2D eigenvalue weighted by Gasteiger charge is -2.47. The van der Waals surface area contributed by atoms with E-state index in [-0.39, 0.29) is 0 Å². The highest BCUT2D eigenvalue weighted by molar-refractivity contribution is 7.12. The standard InChI is InChI=1S/C28H36B.C8H20N/c1-8-9-19-29(26-16-10-13-20(2)23(26)5,27-17-11-14-21(3)24(27)6)28-18-12-15-22(4)25(28)7;1-5-9(6-2,7-3)8-4/h10-18H,8-9,19H2,1-7H3;5-8H2,1-4H3/q-1;+1. The summed E-state index contributed by atoms with van der Waals surface area (Å²) < 4.78 is 1.28. The average Bonchev–Trinajstić information content (AvgIpc) is 2.93. The molecular formula is C36H56BN. The Hall–Kier alpha value is -2.32. The molecule has 0 saturated heterocycles. The van der Waals surface area contributed by atoms with Crippen molar-refractivity contribution in [2.45, 2.75) is 95.3 Å². The zero-order valence-electron chi connectivity index (χ0n) is 26.7. The summed E-state index contributed by atoms with van der Waals surface area (Å²) in [4.78, 5) is 0. The van der Waals surface area contributed by atoms with Gasteiger partial charge in [-0.15, -0.1) is 0 Å². The van der Waals surface area contributed by atoms with Gasteiger partial charge in [0.2, 0.25) is 0 Å². The van der Waals surface area contributed by atoms with E-state index in [1.807, 2.05) is 0 Å². The highest BCUT2D eigenvalue weighted by atomic mass is 15.3. The molecule has 0 spiro atoms. The molecule has 0 radical (unpaired) electrons. The first-order valence-corrected chi connectivity index (χ1v) is 15.3. The van der Waals surface area contributed by atoms with Gasteiger partial charge in [-0.25, -0.2) is 0 Å². The maximum atomic E-state index is 2.40. The topological polar surface area (TPSA) is 0 Å². The van der Waals surface area contributed by atoms with Crippen LogP contribution in [0, 0.1) is 41.5 Å². The molecule has 0 N–H and O–H groups in total. The smallest absolute Gasteiger partial charge is 0.0825 e. The first-order chi connectivity index (χ1) is 18.1. The molecule has 0 bridgehead atoms. The Morgan fingerprint density at radius 2 is 0.816 bits per heavy atom. The van der Waals surface area contributed by atoms with Crippen LogP contribution >= 0.6 is 0 Å². The Balaban J connectivity index is 0.000000484. The van der Waals surface area contributed by atoms with Gasteiger partial charge in [0.05, 0.1) is 32.3 Å². The molecule has 0 aromatic heterocycles. The second-order valence-corrected chi connectivity index (χ2v) is 11.7. The summed E-state index contributed by atoms with van der Waals surface area (Å²) >= 11 is 0. The SMILES string of the molecule is CCCC[B-](c1cccc(C)c1C)(c1cccc(C)c1C)c1cccc(C)c1C.CC[N+](CC)(CC)CC. The van der Waals surface area contributed by atoms with Gasteiger partial charge in [-0.3, -0.25) is 0 Å². The van der Waals surface area contributed by atoms with Crippen molar-refractivity contribution in [3.8, 4) is 0 Å². The predicted octanol–water partition coefficient (Wildman–Crippen LogP) is 7.69. The van der Waals surface area contributed by atoms with Crippen molar-refractivity contribution in [2.24, 2.45) is 0 Å². The highest BCUT2D eigenvalue weighted by Gasteiger charge is 2.33. The molecule has 0 fully saturated rings. The molecule has 3 aromatic carbocycles. The molecule has 3 aromatic rings. The second-order valence-electron chi connectivity index (χ2n) is 11.7. The van der Waals surface area contributed by atoms with Crippen LogP contribution < -0.4 is 16.4 Å². The van der Waals surface area contributed by atoms with E-state index in [2.05, 4.69) is 131 Å². The van der Waals surface area contributed by atoms with E-state index in [4.69, 9.17) is 0 Å². The number of nitrogens with zero attached hydrogens (tertiary/aromatic N) is 1. The summed E-state index contributed by atoms with van der Waals surface area (Å²) in [5.74, 6) is 0. The van der Waals surface area contributed by atoms with Crippen molar-refractivity contribution in [3.05, 3.63) is 88.0 Å². The van der Waals surface area contributed by atoms with Crippen molar-refractivity contribution < 1.29 is 4.48 Å². The van der Waals surface area contributed by atoms with Gasteiger partial charge in [0.15, 0.2) is 0 Å². The van der Waals surface area contributed by atoms with E-state index in [1.54, 1.807) is 0 Å². The normalized spacial score (nSPS) is 11.8. The molecule has 0 heterocycles. The third-order valence-electron chi connectivity index (χ3n) is 10.2. The van der Waals surface area contributed by atoms with Crippen LogP contribution in [0.1, 0.15) is 80.8 Å². The van der Waals surface area contributed by atoms with Gasteiger partial charge in [0.1, 0.15) is 0 Å². The largest absolute Gasteiger partial charge is 0.325 e. The van der Waals surface area contributed by atoms with Gasteiger partial charge in [-0.05, 0) is 69.2 Å². The fourth-order valence-electron chi connectivity index (χ4n) is 6.74. The molecule has 208 valence electrons. The maximum absolute atomic E-state index is 2.40. The van der Waals surface area contributed by atoms with Crippen molar-refractivity contribution in [2.75, 3.05) is 26.2 Å². The van der Waals surface area contributed by atoms with E-state index in [0.717, 1.165) is 0 Å². The Bertz CT molecular complexity index is 1030. The minimum absolute atomic E-state index is 1.05. The van der Waals surface area contributed by atoms with E-state index < -0.39 is 6.15 Å². The molecule has 2 heteroatoms. The molecular weight excluding hydrogens is 457 g/mol. The van der Waals surface area contributed by atoms with Crippen LogP contribution in [-0.2, 0) is 0 Å². The van der Waals surface area contributed by atoms with Crippen LogP contribution in [0.2, 0.25) is 6.32 Å². The molecule has 0 amide bonds. The molecule has 0 aliphatic carbocycles. The number of aryl methyl sites for hydroxylation is 3. The van der Waals surface area contributed by atoms with E-state index in [1.165, 1.54) is 99.6 Å². The Morgan fingerprint density at radius 1 is 0.500 bits per heavy atom. The second kappa shape index (κ2) is 14.2. The Labute approximate surface area is 236 Å². The number of hydrogen-bond donors (Lipinski definition) is 0. The van der Waals surface area contributed by atoms with Gasteiger partial charge >= 0.3 is 0 Å². The molecule has 0 unspecified atom stereocenters. The molecule has 0 aliphatic heterocycles. The summed E-state index contributed by atoms with van der Waals surface area (Å²) in [6, 6.07) is 20.8. The van der Waals surface area contributed by atoms with Crippen molar-refractivity contribution in [1.82, 2.24) is 0 Å². The summed E-state index contributed by atoms with van der Waals surface area (Å²) in [6.07, 6.45) is 2.59. The fourth-order valence-corrected chi connectivity index (χ4v) is 6.74. The average molecular weight is 514 g/mol. The molecule has 0 aliphatic rings. The fraction of sp³-hybridized carbons (Fsp3) is 0.500. The van der Waals surface area contributed by atoms with Crippen molar-refractivity contribution in [1.29, 1.82) is 0 Å². The third-order valence-corrected chi connectivity index (χ3v) is 10.2. The Morgan fingerprint density at radius 3 is 1.05 bits per heavy atom. The lowest BCUT2D eigenvalue weighted by molar-refractivity contribution is -0.921. The van der Waals surface area contributed by atoms with Gasteiger partial charge in [0, 0.05) is 0 Å². The first kappa shape index (κ1) is 31.9. The van der Waals surface area contributed by atoms with Gasteiger partial charge < -0.3 is 4.48 Å². The molecule has 0 atom stereocenters. The number of unbranched alkanes of at least 4 members (excludes halogenated alkanes) is 1. The van der Waals surface area contributed by atoms with Crippen LogP contribution in [-0.4, -0.2) is 36.8 Å². The lowest BCUT2D eigenvalue weighted by atomic mass is 9.12.